The third kappa shape index (κ3) is 4.27. The summed E-state index contributed by atoms with van der Waals surface area (Å²) in [6.45, 7) is 1.74. The highest BCUT2D eigenvalue weighted by molar-refractivity contribution is 6.30. The molecule has 33 heavy (non-hydrogen) atoms. The molecule has 2 aliphatic heterocycles. The molecule has 0 bridgehead atoms. The summed E-state index contributed by atoms with van der Waals surface area (Å²) in [6.07, 6.45) is 5.13. The molecule has 2 aliphatic rings. The van der Waals surface area contributed by atoms with Crippen LogP contribution in [0.25, 0.3) is 11.4 Å². The second-order valence-corrected chi connectivity index (χ2v) is 9.19. The Morgan fingerprint density at radius 3 is 2.76 bits per heavy atom. The number of ether oxygens (including phenoxy) is 1. The summed E-state index contributed by atoms with van der Waals surface area (Å²) in [5.41, 5.74) is 0.970. The van der Waals surface area contributed by atoms with E-state index < -0.39 is 5.41 Å². The Balaban J connectivity index is 1.47. The van der Waals surface area contributed by atoms with E-state index in [9.17, 15) is 9.18 Å². The van der Waals surface area contributed by atoms with Gasteiger partial charge in [-0.15, -0.1) is 10.2 Å². The molecule has 6 nitrogen and oxygen atoms in total. The van der Waals surface area contributed by atoms with Gasteiger partial charge in [-0.05, 0) is 61.6 Å². The molecule has 1 fully saturated rings. The molecule has 0 unspecified atom stereocenters. The summed E-state index contributed by atoms with van der Waals surface area (Å²) in [4.78, 5) is 13.6. The molecular weight excluding hydrogens is 443 g/mol. The fourth-order valence-electron chi connectivity index (χ4n) is 4.86. The maximum atomic E-state index is 14.9. The van der Waals surface area contributed by atoms with Crippen LogP contribution in [0.3, 0.4) is 0 Å². The van der Waals surface area contributed by atoms with Crippen LogP contribution in [0.15, 0.2) is 42.5 Å². The molecule has 0 atom stereocenters. The second kappa shape index (κ2) is 9.23. The minimum atomic E-state index is -0.760. The van der Waals surface area contributed by atoms with Crippen molar-refractivity contribution in [3.05, 3.63) is 64.7 Å². The van der Waals surface area contributed by atoms with Crippen molar-refractivity contribution < 1.29 is 13.9 Å². The summed E-state index contributed by atoms with van der Waals surface area (Å²) < 4.78 is 22.4. The zero-order chi connectivity index (χ0) is 22.8. The predicted molar refractivity (Wildman–Crippen MR) is 125 cm³/mol. The highest BCUT2D eigenvalue weighted by Crippen LogP contribution is 2.37. The first-order valence-corrected chi connectivity index (χ1v) is 11.8. The van der Waals surface area contributed by atoms with Gasteiger partial charge in [0.2, 0.25) is 5.91 Å². The summed E-state index contributed by atoms with van der Waals surface area (Å²) in [5.74, 6) is 0.864. The summed E-state index contributed by atoms with van der Waals surface area (Å²) >= 11 is 6.24. The van der Waals surface area contributed by atoms with Crippen molar-refractivity contribution in [2.24, 2.45) is 0 Å². The van der Waals surface area contributed by atoms with Crippen LogP contribution in [-0.2, 0) is 27.9 Å². The predicted octanol–water partition coefficient (Wildman–Crippen LogP) is 5.15. The molecule has 0 radical (unpaired) electrons. The maximum absolute atomic E-state index is 14.9. The third-order valence-corrected chi connectivity index (χ3v) is 6.97. The number of hydrogen-bond donors (Lipinski definition) is 1. The van der Waals surface area contributed by atoms with E-state index in [1.54, 1.807) is 18.2 Å². The molecule has 0 aliphatic carbocycles. The first-order chi connectivity index (χ1) is 16.1. The normalized spacial score (nSPS) is 17.8. The van der Waals surface area contributed by atoms with E-state index in [4.69, 9.17) is 16.3 Å². The molecule has 2 aromatic carbocycles. The maximum Gasteiger partial charge on any atom is 0.235 e. The van der Waals surface area contributed by atoms with Gasteiger partial charge in [0, 0.05) is 36.9 Å². The topological polar surface area (TPSA) is 69.0 Å². The number of benzene rings is 2. The number of hydrogen-bond acceptors (Lipinski definition) is 4. The van der Waals surface area contributed by atoms with E-state index in [1.165, 1.54) is 6.07 Å². The van der Waals surface area contributed by atoms with Crippen molar-refractivity contribution in [1.82, 2.24) is 14.8 Å². The lowest BCUT2D eigenvalue weighted by molar-refractivity contribution is -0.125. The van der Waals surface area contributed by atoms with Crippen LogP contribution in [0, 0.1) is 5.82 Å². The minimum absolute atomic E-state index is 0.148. The van der Waals surface area contributed by atoms with Gasteiger partial charge in [0.25, 0.3) is 0 Å². The largest absolute Gasteiger partial charge is 0.381 e. The van der Waals surface area contributed by atoms with Crippen LogP contribution >= 0.6 is 11.6 Å². The van der Waals surface area contributed by atoms with Crippen molar-refractivity contribution in [3.8, 4) is 11.4 Å². The zero-order valence-electron chi connectivity index (χ0n) is 18.3. The number of aryl methyl sites for hydroxylation is 1. The Kier molecular flexibility index (Phi) is 6.17. The van der Waals surface area contributed by atoms with E-state index in [2.05, 4.69) is 15.5 Å². The van der Waals surface area contributed by atoms with Crippen molar-refractivity contribution in [3.63, 3.8) is 0 Å². The average Bonchev–Trinajstić information content (AvgIpc) is 3.08. The highest BCUT2D eigenvalue weighted by atomic mass is 35.5. The molecule has 0 saturated carbocycles. The fraction of sp³-hybridized carbons (Fsp3) is 0.400. The Bertz CT molecular complexity index is 1170. The van der Waals surface area contributed by atoms with Gasteiger partial charge in [0.15, 0.2) is 5.82 Å². The monoisotopic (exact) mass is 468 g/mol. The number of aromatic nitrogens is 3. The average molecular weight is 469 g/mol. The number of anilines is 1. The van der Waals surface area contributed by atoms with Gasteiger partial charge in [-0.2, -0.15) is 0 Å². The molecule has 1 amide bonds. The molecule has 1 saturated heterocycles. The zero-order valence-corrected chi connectivity index (χ0v) is 19.1. The number of fused-ring (bicyclic) bond motifs is 1. The minimum Gasteiger partial charge on any atom is -0.381 e. The number of nitrogens with zero attached hydrogens (tertiary/aromatic N) is 3. The van der Waals surface area contributed by atoms with Crippen LogP contribution < -0.4 is 5.32 Å². The van der Waals surface area contributed by atoms with E-state index in [1.807, 2.05) is 22.8 Å². The number of carbonyl (C=O) groups excluding carboxylic acids is 1. The van der Waals surface area contributed by atoms with Crippen molar-refractivity contribution in [1.29, 1.82) is 0 Å². The Hall–Kier alpha value is -2.77. The first-order valence-electron chi connectivity index (χ1n) is 11.4. The third-order valence-electron chi connectivity index (χ3n) is 6.73. The van der Waals surface area contributed by atoms with Gasteiger partial charge >= 0.3 is 0 Å². The lowest BCUT2D eigenvalue weighted by Crippen LogP contribution is -2.44. The molecule has 1 aromatic heterocycles. The summed E-state index contributed by atoms with van der Waals surface area (Å²) in [6, 6.07) is 12.0. The number of amides is 1. The quantitative estimate of drug-likeness (QED) is 0.574. The molecule has 3 aromatic rings. The first kappa shape index (κ1) is 22.0. The second-order valence-electron chi connectivity index (χ2n) is 8.76. The van der Waals surface area contributed by atoms with E-state index >= 15 is 0 Å². The van der Waals surface area contributed by atoms with Gasteiger partial charge in [-0.3, -0.25) is 4.79 Å². The van der Waals surface area contributed by atoms with Crippen molar-refractivity contribution in [2.45, 2.75) is 50.5 Å². The standard InChI is InChI=1S/C25H26ClFN4O2/c26-18-6-4-5-17(15-18)25(10-13-33-14-11-25)24(32)28-19-8-9-21(27)20(16-19)23-30-29-22-7-2-1-3-12-31(22)23/h4-6,8-9,15-16H,1-3,7,10-14H2,(H,28,32). The molecule has 0 spiro atoms. The molecule has 1 N–H and O–H groups in total. The van der Waals surface area contributed by atoms with Crippen LogP contribution in [-0.4, -0.2) is 33.9 Å². The molecule has 172 valence electrons. The Morgan fingerprint density at radius 1 is 1.09 bits per heavy atom. The summed E-state index contributed by atoms with van der Waals surface area (Å²) in [7, 11) is 0. The Morgan fingerprint density at radius 2 is 1.94 bits per heavy atom. The Labute approximate surface area is 197 Å². The summed E-state index contributed by atoms with van der Waals surface area (Å²) in [5, 5.41) is 12.2. The van der Waals surface area contributed by atoms with Gasteiger partial charge in [0.05, 0.1) is 11.0 Å². The molecule has 8 heteroatoms. The molecular formula is C25H26ClFN4O2. The van der Waals surface area contributed by atoms with Gasteiger partial charge in [0.1, 0.15) is 11.6 Å². The number of halogens is 2. The smallest absolute Gasteiger partial charge is 0.235 e. The lowest BCUT2D eigenvalue weighted by atomic mass is 9.73. The van der Waals surface area contributed by atoms with Crippen molar-refractivity contribution >= 4 is 23.2 Å². The van der Waals surface area contributed by atoms with Crippen LogP contribution in [0.5, 0.6) is 0 Å². The number of nitrogens with one attached hydrogen (secondary N) is 1. The van der Waals surface area contributed by atoms with Crippen molar-refractivity contribution in [2.75, 3.05) is 18.5 Å². The van der Waals surface area contributed by atoms with Gasteiger partial charge in [-0.1, -0.05) is 30.2 Å². The number of rotatable bonds is 4. The molecule has 5 rings (SSSR count). The van der Waals surface area contributed by atoms with Gasteiger partial charge in [-0.25, -0.2) is 4.39 Å². The van der Waals surface area contributed by atoms with E-state index in [0.29, 0.717) is 48.2 Å². The van der Waals surface area contributed by atoms with Crippen LogP contribution in [0.2, 0.25) is 5.02 Å². The SMILES string of the molecule is O=C(Nc1ccc(F)c(-c2nnc3n2CCCCC3)c1)C1(c2cccc(Cl)c2)CCOCC1. The van der Waals surface area contributed by atoms with E-state index in [-0.39, 0.29) is 11.7 Å². The lowest BCUT2D eigenvalue weighted by Gasteiger charge is -2.36. The van der Waals surface area contributed by atoms with E-state index in [0.717, 1.165) is 43.6 Å². The fourth-order valence-corrected chi connectivity index (χ4v) is 5.05. The van der Waals surface area contributed by atoms with Gasteiger partial charge < -0.3 is 14.6 Å². The molecule has 3 heterocycles. The highest BCUT2D eigenvalue weighted by Gasteiger charge is 2.42. The number of carbonyl (C=O) groups is 1. The van der Waals surface area contributed by atoms with Crippen LogP contribution in [0.1, 0.15) is 43.5 Å². The van der Waals surface area contributed by atoms with Crippen LogP contribution in [0.4, 0.5) is 10.1 Å².